The summed E-state index contributed by atoms with van der Waals surface area (Å²) in [5.74, 6) is 1.86. The van der Waals surface area contributed by atoms with E-state index in [1.807, 2.05) is 12.1 Å². The largest absolute Gasteiger partial charge is 0.208 e. The standard InChI is InChI=1S/C51H35N3/c1-4-19-36(20-5-1)39-25-18-26-40(35-39)49-52-50(47-33-16-11-28-42(47)38-23-8-3-9-24-38)54-51(53-49)48-34-17-15-32-46(48)45-31-14-13-30-44(45)43-29-12-10-27-41(43)37-21-6-2-7-22-37/h1-35H. The molecule has 3 nitrogen and oxygen atoms in total. The Bertz CT molecular complexity index is 2700. The number of hydrogen-bond donors (Lipinski definition) is 0. The third-order valence-electron chi connectivity index (χ3n) is 9.80. The number of hydrogen-bond acceptors (Lipinski definition) is 3. The van der Waals surface area contributed by atoms with Gasteiger partial charge in [-0.3, -0.25) is 0 Å². The lowest BCUT2D eigenvalue weighted by molar-refractivity contribution is 1.07. The zero-order valence-electron chi connectivity index (χ0n) is 29.5. The molecule has 1 heterocycles. The van der Waals surface area contributed by atoms with Gasteiger partial charge in [-0.15, -0.1) is 0 Å². The molecule has 3 heteroatoms. The summed E-state index contributed by atoms with van der Waals surface area (Å²) >= 11 is 0. The summed E-state index contributed by atoms with van der Waals surface area (Å²) in [5, 5.41) is 0. The first-order valence-corrected chi connectivity index (χ1v) is 18.2. The molecule has 0 amide bonds. The Labute approximate surface area is 316 Å². The maximum absolute atomic E-state index is 5.30. The molecule has 0 N–H and O–H groups in total. The Morgan fingerprint density at radius 2 is 0.481 bits per heavy atom. The molecule has 8 aromatic carbocycles. The van der Waals surface area contributed by atoms with Gasteiger partial charge in [0.05, 0.1) is 0 Å². The second kappa shape index (κ2) is 14.8. The molecule has 0 saturated heterocycles. The van der Waals surface area contributed by atoms with Gasteiger partial charge in [-0.05, 0) is 61.7 Å². The average Bonchev–Trinajstić information content (AvgIpc) is 3.27. The first-order chi connectivity index (χ1) is 26.8. The molecule has 0 spiro atoms. The van der Waals surface area contributed by atoms with Gasteiger partial charge in [0.1, 0.15) is 0 Å². The van der Waals surface area contributed by atoms with Crippen molar-refractivity contribution in [2.75, 3.05) is 0 Å². The molecular formula is C51H35N3. The fourth-order valence-corrected chi connectivity index (χ4v) is 7.22. The third-order valence-corrected chi connectivity index (χ3v) is 9.80. The van der Waals surface area contributed by atoms with Gasteiger partial charge in [0.25, 0.3) is 0 Å². The second-order valence-corrected chi connectivity index (χ2v) is 13.2. The average molecular weight is 690 g/mol. The van der Waals surface area contributed by atoms with Gasteiger partial charge in [0.2, 0.25) is 0 Å². The van der Waals surface area contributed by atoms with E-state index in [1.165, 1.54) is 16.7 Å². The van der Waals surface area contributed by atoms with Crippen LogP contribution in [-0.2, 0) is 0 Å². The van der Waals surface area contributed by atoms with E-state index >= 15 is 0 Å². The Hall–Kier alpha value is -7.23. The van der Waals surface area contributed by atoms with Crippen LogP contribution >= 0.6 is 0 Å². The molecule has 0 saturated carbocycles. The van der Waals surface area contributed by atoms with Crippen LogP contribution in [0.5, 0.6) is 0 Å². The van der Waals surface area contributed by atoms with Crippen molar-refractivity contribution in [3.8, 4) is 89.8 Å². The van der Waals surface area contributed by atoms with Crippen LogP contribution in [0.4, 0.5) is 0 Å². The van der Waals surface area contributed by atoms with Crippen molar-refractivity contribution in [1.29, 1.82) is 0 Å². The van der Waals surface area contributed by atoms with Gasteiger partial charge in [0.15, 0.2) is 17.5 Å². The smallest absolute Gasteiger partial charge is 0.164 e. The van der Waals surface area contributed by atoms with Gasteiger partial charge in [-0.1, -0.05) is 206 Å². The summed E-state index contributed by atoms with van der Waals surface area (Å²) in [6.45, 7) is 0. The van der Waals surface area contributed by atoms with Crippen LogP contribution in [0.1, 0.15) is 0 Å². The fraction of sp³-hybridized carbons (Fsp3) is 0. The SMILES string of the molecule is c1ccc(-c2cccc(-c3nc(-c4ccccc4-c4ccccc4)nc(-c4ccccc4-c4ccccc4-c4ccccc4-c4ccccc4)n3)c2)cc1. The molecular weight excluding hydrogens is 655 g/mol. The van der Waals surface area contributed by atoms with Crippen LogP contribution in [0, 0.1) is 0 Å². The summed E-state index contributed by atoms with van der Waals surface area (Å²) in [5.41, 5.74) is 14.0. The van der Waals surface area contributed by atoms with Crippen molar-refractivity contribution in [3.05, 3.63) is 212 Å². The van der Waals surface area contributed by atoms with E-state index in [-0.39, 0.29) is 0 Å². The van der Waals surface area contributed by atoms with Gasteiger partial charge >= 0.3 is 0 Å². The Kier molecular flexibility index (Phi) is 8.94. The molecule has 0 atom stereocenters. The normalized spacial score (nSPS) is 11.0. The highest BCUT2D eigenvalue weighted by molar-refractivity contribution is 5.95. The third kappa shape index (κ3) is 6.51. The number of rotatable bonds is 8. The summed E-state index contributed by atoms with van der Waals surface area (Å²) in [7, 11) is 0. The summed E-state index contributed by atoms with van der Waals surface area (Å²) in [6.07, 6.45) is 0. The fourth-order valence-electron chi connectivity index (χ4n) is 7.22. The van der Waals surface area contributed by atoms with E-state index in [0.717, 1.165) is 55.6 Å². The molecule has 254 valence electrons. The highest BCUT2D eigenvalue weighted by Gasteiger charge is 2.20. The molecule has 0 aliphatic heterocycles. The molecule has 9 aromatic rings. The topological polar surface area (TPSA) is 38.7 Å². The Morgan fingerprint density at radius 1 is 0.185 bits per heavy atom. The monoisotopic (exact) mass is 689 g/mol. The van der Waals surface area contributed by atoms with E-state index in [4.69, 9.17) is 15.0 Å². The zero-order chi connectivity index (χ0) is 36.1. The highest BCUT2D eigenvalue weighted by Crippen LogP contribution is 2.42. The predicted molar refractivity (Wildman–Crippen MR) is 223 cm³/mol. The number of nitrogens with zero attached hydrogens (tertiary/aromatic N) is 3. The van der Waals surface area contributed by atoms with Gasteiger partial charge in [-0.25, -0.2) is 15.0 Å². The highest BCUT2D eigenvalue weighted by atomic mass is 15.0. The van der Waals surface area contributed by atoms with Crippen LogP contribution < -0.4 is 0 Å². The first kappa shape index (κ1) is 32.7. The lowest BCUT2D eigenvalue weighted by Crippen LogP contribution is -2.02. The number of benzene rings is 8. The minimum absolute atomic E-state index is 0.615. The van der Waals surface area contributed by atoms with Crippen LogP contribution in [0.2, 0.25) is 0 Å². The van der Waals surface area contributed by atoms with Crippen molar-refractivity contribution >= 4 is 0 Å². The van der Waals surface area contributed by atoms with Crippen LogP contribution in [0.15, 0.2) is 212 Å². The van der Waals surface area contributed by atoms with Gasteiger partial charge in [-0.2, -0.15) is 0 Å². The maximum Gasteiger partial charge on any atom is 0.164 e. The Morgan fingerprint density at radius 3 is 0.981 bits per heavy atom. The minimum Gasteiger partial charge on any atom is -0.208 e. The van der Waals surface area contributed by atoms with Crippen molar-refractivity contribution in [2.24, 2.45) is 0 Å². The van der Waals surface area contributed by atoms with E-state index < -0.39 is 0 Å². The van der Waals surface area contributed by atoms with Gasteiger partial charge < -0.3 is 0 Å². The molecule has 0 fully saturated rings. The minimum atomic E-state index is 0.615. The summed E-state index contributed by atoms with van der Waals surface area (Å²) in [6, 6.07) is 74.0. The molecule has 1 aromatic heterocycles. The van der Waals surface area contributed by atoms with Crippen molar-refractivity contribution < 1.29 is 0 Å². The zero-order valence-corrected chi connectivity index (χ0v) is 29.5. The van der Waals surface area contributed by atoms with Gasteiger partial charge in [0, 0.05) is 16.7 Å². The van der Waals surface area contributed by atoms with Crippen molar-refractivity contribution in [3.63, 3.8) is 0 Å². The molecule has 0 aliphatic carbocycles. The quantitative estimate of drug-likeness (QED) is 0.159. The molecule has 0 aliphatic rings. The second-order valence-electron chi connectivity index (χ2n) is 13.2. The van der Waals surface area contributed by atoms with E-state index in [9.17, 15) is 0 Å². The number of aromatic nitrogens is 3. The maximum atomic E-state index is 5.30. The molecule has 0 radical (unpaired) electrons. The summed E-state index contributed by atoms with van der Waals surface area (Å²) in [4.78, 5) is 15.8. The van der Waals surface area contributed by atoms with Crippen LogP contribution in [0.25, 0.3) is 89.8 Å². The molecule has 0 bridgehead atoms. The molecule has 54 heavy (non-hydrogen) atoms. The lowest BCUT2D eigenvalue weighted by Gasteiger charge is -2.17. The Balaban J connectivity index is 1.25. The van der Waals surface area contributed by atoms with E-state index in [0.29, 0.717) is 17.5 Å². The van der Waals surface area contributed by atoms with E-state index in [2.05, 4.69) is 200 Å². The first-order valence-electron chi connectivity index (χ1n) is 18.2. The van der Waals surface area contributed by atoms with Crippen LogP contribution in [0.3, 0.4) is 0 Å². The van der Waals surface area contributed by atoms with Crippen molar-refractivity contribution in [2.45, 2.75) is 0 Å². The lowest BCUT2D eigenvalue weighted by atomic mass is 9.88. The predicted octanol–water partition coefficient (Wildman–Crippen LogP) is 13.2. The molecule has 0 unspecified atom stereocenters. The van der Waals surface area contributed by atoms with Crippen molar-refractivity contribution in [1.82, 2.24) is 15.0 Å². The summed E-state index contributed by atoms with van der Waals surface area (Å²) < 4.78 is 0. The van der Waals surface area contributed by atoms with Crippen LogP contribution in [-0.4, -0.2) is 15.0 Å². The van der Waals surface area contributed by atoms with E-state index in [1.54, 1.807) is 0 Å². The molecule has 9 rings (SSSR count).